The summed E-state index contributed by atoms with van der Waals surface area (Å²) < 4.78 is 39.2. The summed E-state index contributed by atoms with van der Waals surface area (Å²) in [6.07, 6.45) is -2.26. The quantitative estimate of drug-likeness (QED) is 0.0914. The Morgan fingerprint density at radius 3 is 2.67 bits per heavy atom. The normalized spacial score (nSPS) is 21.8. The van der Waals surface area contributed by atoms with E-state index < -0.39 is 50.9 Å². The van der Waals surface area contributed by atoms with E-state index in [1.54, 1.807) is 18.2 Å². The number of hydrogen-bond donors (Lipinski definition) is 4. The molecule has 1 fully saturated rings. The molecule has 3 heterocycles. The number of carbonyl (C=O) groups excluding carboxylic acids is 1. The van der Waals surface area contributed by atoms with Crippen LogP contribution in [0.25, 0.3) is 21.9 Å². The van der Waals surface area contributed by atoms with Gasteiger partial charge < -0.3 is 29.2 Å². The number of nitrogens with zero attached hydrogens (tertiary/aromatic N) is 3. The molecule has 45 heavy (non-hydrogen) atoms. The van der Waals surface area contributed by atoms with Crippen molar-refractivity contribution in [3.8, 4) is 5.75 Å². The number of carbonyl (C=O) groups is 1. The van der Waals surface area contributed by atoms with Gasteiger partial charge in [-0.3, -0.25) is 13.9 Å². The Morgan fingerprint density at radius 2 is 1.84 bits per heavy atom. The molecule has 1 aliphatic heterocycles. The van der Waals surface area contributed by atoms with Crippen LogP contribution in [0, 0.1) is 4.64 Å². The van der Waals surface area contributed by atoms with Crippen molar-refractivity contribution < 1.29 is 38.1 Å². The third-order valence-corrected chi connectivity index (χ3v) is 9.23. The molecule has 2 aromatic heterocycles. The van der Waals surface area contributed by atoms with Crippen LogP contribution in [0.5, 0.6) is 5.75 Å². The van der Waals surface area contributed by atoms with Crippen LogP contribution in [0.4, 0.5) is 0 Å². The summed E-state index contributed by atoms with van der Waals surface area (Å²) in [5.41, 5.74) is 1.61. The summed E-state index contributed by atoms with van der Waals surface area (Å²) in [7, 11) is -4.35. The third-order valence-electron chi connectivity index (χ3n) is 7.30. The average molecular weight is 652 g/mol. The molecule has 234 valence electrons. The number of ether oxygens (including phenoxy) is 2. The first kappa shape index (κ1) is 31.0. The van der Waals surface area contributed by atoms with Crippen LogP contribution < -0.4 is 9.61 Å². The smallest absolute Gasteiger partial charge is 0.459 e. The maximum atomic E-state index is 14.3. The van der Waals surface area contributed by atoms with Crippen LogP contribution in [-0.4, -0.2) is 66.7 Å². The fraction of sp³-hybridized carbons (Fsp3) is 0.267. The molecule has 5 aromatic rings. The van der Waals surface area contributed by atoms with Crippen molar-refractivity contribution in [2.75, 3.05) is 6.61 Å². The number of aliphatic hydroxyl groups is 2. The van der Waals surface area contributed by atoms with E-state index in [0.29, 0.717) is 16.6 Å². The van der Waals surface area contributed by atoms with Crippen LogP contribution in [0.3, 0.4) is 0 Å². The zero-order chi connectivity index (χ0) is 31.6. The number of rotatable bonds is 11. The van der Waals surface area contributed by atoms with Crippen molar-refractivity contribution in [2.45, 2.75) is 44.1 Å². The number of aliphatic hydroxyl groups excluding tert-OH is 2. The second-order valence-electron chi connectivity index (χ2n) is 10.4. The number of aromatic amines is 1. The number of hydrogen-bond acceptors (Lipinski definition) is 11. The lowest BCUT2D eigenvalue weighted by molar-refractivity contribution is -0.146. The zero-order valence-electron chi connectivity index (χ0n) is 23.9. The van der Waals surface area contributed by atoms with Crippen LogP contribution >= 0.6 is 20.0 Å². The monoisotopic (exact) mass is 651 g/mol. The molecule has 0 bridgehead atoms. The van der Waals surface area contributed by atoms with Crippen molar-refractivity contribution in [1.29, 1.82) is 0 Å². The Labute approximate surface area is 262 Å². The summed E-state index contributed by atoms with van der Waals surface area (Å²) in [5, 5.41) is 25.9. The Balaban J connectivity index is 1.21. The molecule has 0 spiro atoms. The van der Waals surface area contributed by atoms with Gasteiger partial charge in [0.15, 0.2) is 10.9 Å². The number of aromatic nitrogens is 4. The molecular weight excluding hydrogens is 621 g/mol. The van der Waals surface area contributed by atoms with Crippen molar-refractivity contribution >= 4 is 47.9 Å². The molecule has 0 amide bonds. The number of H-pyrrole nitrogens is 1. The van der Waals surface area contributed by atoms with Gasteiger partial charge in [0.2, 0.25) is 0 Å². The second-order valence-corrected chi connectivity index (χ2v) is 12.5. The van der Waals surface area contributed by atoms with Crippen LogP contribution in [0.1, 0.15) is 18.7 Å². The van der Waals surface area contributed by atoms with E-state index in [2.05, 4.69) is 20.0 Å². The number of imidazole rings is 1. The first-order chi connectivity index (χ1) is 21.7. The first-order valence-electron chi connectivity index (χ1n) is 14.0. The molecule has 1 saturated heterocycles. The number of nitrogens with one attached hydrogen (secondary N) is 2. The molecule has 6 rings (SSSR count). The minimum absolute atomic E-state index is 0.0196. The van der Waals surface area contributed by atoms with Gasteiger partial charge in [0, 0.05) is 5.39 Å². The Kier molecular flexibility index (Phi) is 9.06. The summed E-state index contributed by atoms with van der Waals surface area (Å²) in [6, 6.07) is 20.6. The Bertz CT molecular complexity index is 1920. The second kappa shape index (κ2) is 13.2. The van der Waals surface area contributed by atoms with E-state index in [9.17, 15) is 19.6 Å². The van der Waals surface area contributed by atoms with Gasteiger partial charge in [0.1, 0.15) is 47.9 Å². The molecule has 13 nitrogen and oxygen atoms in total. The highest BCUT2D eigenvalue weighted by molar-refractivity contribution is 7.71. The lowest BCUT2D eigenvalue weighted by Crippen LogP contribution is -2.37. The van der Waals surface area contributed by atoms with Gasteiger partial charge in [-0.05, 0) is 23.9 Å². The van der Waals surface area contributed by atoms with Gasteiger partial charge in [0.25, 0.3) is 0 Å². The highest BCUT2D eigenvalue weighted by atomic mass is 32.1. The minimum Gasteiger partial charge on any atom is -0.460 e. The van der Waals surface area contributed by atoms with Crippen LogP contribution in [0.2, 0.25) is 0 Å². The first-order valence-corrected chi connectivity index (χ1v) is 16.0. The Morgan fingerprint density at radius 1 is 1.09 bits per heavy atom. The summed E-state index contributed by atoms with van der Waals surface area (Å²) in [4.78, 5) is 24.0. The summed E-state index contributed by atoms with van der Waals surface area (Å²) in [6.45, 7) is 1.02. The molecule has 1 aliphatic rings. The van der Waals surface area contributed by atoms with Crippen LogP contribution in [-0.2, 0) is 30.0 Å². The van der Waals surface area contributed by atoms with Gasteiger partial charge in [0.05, 0.1) is 19.3 Å². The van der Waals surface area contributed by atoms with Gasteiger partial charge in [-0.15, -0.1) is 0 Å². The largest absolute Gasteiger partial charge is 0.460 e. The summed E-state index contributed by atoms with van der Waals surface area (Å²) in [5.74, 6) is -0.441. The van der Waals surface area contributed by atoms with Crippen molar-refractivity contribution in [2.24, 2.45) is 0 Å². The SMILES string of the molecule is C[C@H](NP(=O)(OC[C@H]1O[C@@H](n2cnc3c(=S)nc[nH]c32)[C@@H](O)C1O)Oc1cccc2ccccc12)C(=O)OCc1ccccc1. The molecule has 4 N–H and O–H groups in total. The van der Waals surface area contributed by atoms with Gasteiger partial charge >= 0.3 is 13.7 Å². The molecule has 3 aromatic carbocycles. The number of fused-ring (bicyclic) bond motifs is 2. The molecule has 2 unspecified atom stereocenters. The van der Waals surface area contributed by atoms with Crippen molar-refractivity contribution in [1.82, 2.24) is 24.6 Å². The molecule has 15 heteroatoms. The molecule has 0 radical (unpaired) electrons. The van der Waals surface area contributed by atoms with E-state index in [4.69, 9.17) is 30.7 Å². The van der Waals surface area contributed by atoms with Gasteiger partial charge in [-0.2, -0.15) is 5.09 Å². The molecule has 0 aliphatic carbocycles. The fourth-order valence-electron chi connectivity index (χ4n) is 4.97. The topological polar surface area (TPSA) is 170 Å². The minimum atomic E-state index is -4.35. The van der Waals surface area contributed by atoms with Crippen LogP contribution in [0.15, 0.2) is 85.5 Å². The number of esters is 1. The van der Waals surface area contributed by atoms with E-state index in [-0.39, 0.29) is 17.0 Å². The maximum absolute atomic E-state index is 14.3. The van der Waals surface area contributed by atoms with E-state index >= 15 is 0 Å². The van der Waals surface area contributed by atoms with E-state index in [0.717, 1.165) is 10.9 Å². The standard InChI is InChI=1S/C30H30N5O8PS/c1-18(30(38)40-14-19-8-3-2-4-9-19)34-44(39,43-22-13-7-11-20-10-5-6-12-21(20)22)41-15-23-25(36)26(37)29(42-23)35-17-33-24-27(35)31-16-32-28(24)45/h2-13,16-18,23,25-26,29,36-37H,14-15H2,1H3,(H,34,39)(H,31,32,45)/t18-,23+,25?,26-,29+,44?/m0/s1. The summed E-state index contributed by atoms with van der Waals surface area (Å²) >= 11 is 5.21. The van der Waals surface area contributed by atoms with Gasteiger partial charge in [-0.25, -0.2) is 14.5 Å². The third kappa shape index (κ3) is 6.67. The maximum Gasteiger partial charge on any atom is 0.459 e. The highest BCUT2D eigenvalue weighted by Crippen LogP contribution is 2.47. The zero-order valence-corrected chi connectivity index (χ0v) is 25.6. The molecule has 0 saturated carbocycles. The van der Waals surface area contributed by atoms with E-state index in [1.807, 2.05) is 54.6 Å². The fourth-order valence-corrected chi connectivity index (χ4v) is 6.70. The highest BCUT2D eigenvalue weighted by Gasteiger charge is 2.46. The van der Waals surface area contributed by atoms with Crippen molar-refractivity contribution in [3.63, 3.8) is 0 Å². The predicted molar refractivity (Wildman–Crippen MR) is 166 cm³/mol. The number of benzene rings is 3. The van der Waals surface area contributed by atoms with Gasteiger partial charge in [-0.1, -0.05) is 78.9 Å². The van der Waals surface area contributed by atoms with E-state index in [1.165, 1.54) is 24.1 Å². The average Bonchev–Trinajstić information content (AvgIpc) is 3.60. The predicted octanol–water partition coefficient (Wildman–Crippen LogP) is 4.19. The van der Waals surface area contributed by atoms with Crippen molar-refractivity contribution in [3.05, 3.63) is 95.7 Å². The lowest BCUT2D eigenvalue weighted by atomic mass is 10.1. The Hall–Kier alpha value is -4.01. The lowest BCUT2D eigenvalue weighted by Gasteiger charge is -2.25. The molecular formula is C30H30N5O8PS. The molecule has 6 atom stereocenters.